The van der Waals surface area contributed by atoms with Crippen molar-refractivity contribution in [3.63, 3.8) is 0 Å². The van der Waals surface area contributed by atoms with Crippen molar-refractivity contribution in [1.29, 1.82) is 0 Å². The van der Waals surface area contributed by atoms with Crippen LogP contribution in [0.1, 0.15) is 55.3 Å². The predicted octanol–water partition coefficient (Wildman–Crippen LogP) is 5.22. The molecular formula is C25H28N2O2S. The van der Waals surface area contributed by atoms with Crippen molar-refractivity contribution in [1.82, 2.24) is 10.2 Å². The Bertz CT molecular complexity index is 998. The molecule has 2 aromatic carbocycles. The van der Waals surface area contributed by atoms with E-state index in [1.807, 2.05) is 36.4 Å². The second-order valence-electron chi connectivity index (χ2n) is 7.92. The third kappa shape index (κ3) is 3.99. The molecule has 5 heteroatoms. The number of ether oxygens (including phenoxy) is 1. The van der Waals surface area contributed by atoms with Gasteiger partial charge in [-0.1, -0.05) is 49.4 Å². The van der Waals surface area contributed by atoms with Crippen LogP contribution in [0.25, 0.3) is 0 Å². The average Bonchev–Trinajstić information content (AvgIpc) is 2.75. The summed E-state index contributed by atoms with van der Waals surface area (Å²) in [7, 11) is 0. The van der Waals surface area contributed by atoms with Crippen LogP contribution < -0.4 is 10.1 Å². The fourth-order valence-corrected chi connectivity index (χ4v) is 4.64. The molecule has 0 fully saturated rings. The molecule has 30 heavy (non-hydrogen) atoms. The molecule has 0 saturated carbocycles. The van der Waals surface area contributed by atoms with Gasteiger partial charge >= 0.3 is 0 Å². The van der Waals surface area contributed by atoms with Crippen LogP contribution in [0, 0.1) is 6.92 Å². The zero-order valence-corrected chi connectivity index (χ0v) is 18.4. The smallest absolute Gasteiger partial charge is 0.173 e. The Morgan fingerprint density at radius 2 is 1.90 bits per heavy atom. The highest BCUT2D eigenvalue weighted by Gasteiger charge is 2.37. The third-order valence-corrected chi connectivity index (χ3v) is 6.22. The molecule has 1 aliphatic heterocycles. The van der Waals surface area contributed by atoms with Crippen LogP contribution >= 0.6 is 12.2 Å². The Kier molecular flexibility index (Phi) is 6.18. The maximum absolute atomic E-state index is 13.0. The SMILES string of the molecule is CCCN1C(=S)NC(c2ccccc2OCc2ccccc2C)C2=C1CCCC2=O. The van der Waals surface area contributed by atoms with Crippen LogP contribution in [-0.4, -0.2) is 22.3 Å². The van der Waals surface area contributed by atoms with E-state index in [2.05, 4.69) is 36.2 Å². The molecule has 1 heterocycles. The molecular weight excluding hydrogens is 392 g/mol. The van der Waals surface area contributed by atoms with E-state index in [-0.39, 0.29) is 11.8 Å². The van der Waals surface area contributed by atoms with Crippen molar-refractivity contribution in [2.45, 2.75) is 52.2 Å². The minimum Gasteiger partial charge on any atom is -0.489 e. The maximum atomic E-state index is 13.0. The van der Waals surface area contributed by atoms with E-state index < -0.39 is 0 Å². The lowest BCUT2D eigenvalue weighted by molar-refractivity contribution is -0.116. The van der Waals surface area contributed by atoms with Crippen LogP contribution in [0.3, 0.4) is 0 Å². The molecule has 0 aromatic heterocycles. The molecule has 2 aromatic rings. The van der Waals surface area contributed by atoms with Gasteiger partial charge in [-0.05, 0) is 55.6 Å². The molecule has 1 aliphatic carbocycles. The maximum Gasteiger partial charge on any atom is 0.173 e. The number of benzene rings is 2. The van der Waals surface area contributed by atoms with Gasteiger partial charge in [0, 0.05) is 29.8 Å². The lowest BCUT2D eigenvalue weighted by atomic mass is 9.84. The number of hydrogen-bond donors (Lipinski definition) is 1. The number of ketones is 1. The lowest BCUT2D eigenvalue weighted by Crippen LogP contribution is -2.49. The summed E-state index contributed by atoms with van der Waals surface area (Å²) in [6, 6.07) is 15.9. The highest BCUT2D eigenvalue weighted by atomic mass is 32.1. The van der Waals surface area contributed by atoms with Crippen molar-refractivity contribution < 1.29 is 9.53 Å². The molecule has 1 atom stereocenters. The number of aryl methyl sites for hydroxylation is 1. The van der Waals surface area contributed by atoms with Crippen molar-refractivity contribution in [3.8, 4) is 5.75 Å². The van der Waals surface area contributed by atoms with E-state index in [9.17, 15) is 4.79 Å². The number of allylic oxidation sites excluding steroid dienone is 1. The molecule has 4 rings (SSSR count). The summed E-state index contributed by atoms with van der Waals surface area (Å²) in [6.07, 6.45) is 3.35. The van der Waals surface area contributed by atoms with Crippen molar-refractivity contribution in [2.24, 2.45) is 0 Å². The molecule has 1 unspecified atom stereocenters. The highest BCUT2D eigenvalue weighted by molar-refractivity contribution is 7.80. The topological polar surface area (TPSA) is 41.6 Å². The molecule has 1 N–H and O–H groups in total. The summed E-state index contributed by atoms with van der Waals surface area (Å²) >= 11 is 5.71. The number of Topliss-reactive ketones (excluding diaryl/α,β-unsaturated/α-hetero) is 1. The van der Waals surface area contributed by atoms with Crippen LogP contribution in [0.15, 0.2) is 59.8 Å². The van der Waals surface area contributed by atoms with E-state index in [0.29, 0.717) is 18.1 Å². The van der Waals surface area contributed by atoms with Gasteiger partial charge < -0.3 is 15.0 Å². The fourth-order valence-electron chi connectivity index (χ4n) is 4.32. The van der Waals surface area contributed by atoms with Gasteiger partial charge in [0.15, 0.2) is 10.9 Å². The zero-order chi connectivity index (χ0) is 21.1. The van der Waals surface area contributed by atoms with Gasteiger partial charge in [0.1, 0.15) is 12.4 Å². The molecule has 0 bridgehead atoms. The normalized spacial score (nSPS) is 18.9. The van der Waals surface area contributed by atoms with E-state index in [1.165, 1.54) is 5.56 Å². The van der Waals surface area contributed by atoms with Crippen LogP contribution in [0.5, 0.6) is 5.75 Å². The van der Waals surface area contributed by atoms with Gasteiger partial charge in [0.05, 0.1) is 6.04 Å². The van der Waals surface area contributed by atoms with Gasteiger partial charge in [0.2, 0.25) is 0 Å². The minimum atomic E-state index is -0.263. The Morgan fingerprint density at radius 1 is 1.13 bits per heavy atom. The Hall–Kier alpha value is -2.66. The van der Waals surface area contributed by atoms with Crippen LogP contribution in [-0.2, 0) is 11.4 Å². The third-order valence-electron chi connectivity index (χ3n) is 5.88. The standard InChI is InChI=1S/C25H28N2O2S/c1-3-15-27-20-12-8-13-21(28)23(20)24(26-25(27)30)19-11-6-7-14-22(19)29-16-18-10-5-4-9-17(18)2/h4-7,9-11,14,24H,3,8,12-13,15-16H2,1-2H3,(H,26,30). The highest BCUT2D eigenvalue weighted by Crippen LogP contribution is 2.40. The number of nitrogens with one attached hydrogen (secondary N) is 1. The predicted molar refractivity (Wildman–Crippen MR) is 123 cm³/mol. The summed E-state index contributed by atoms with van der Waals surface area (Å²) in [6.45, 7) is 5.54. The molecule has 2 aliphatic rings. The first-order chi connectivity index (χ1) is 14.6. The first-order valence-corrected chi connectivity index (χ1v) is 11.1. The van der Waals surface area contributed by atoms with E-state index >= 15 is 0 Å². The van der Waals surface area contributed by atoms with Crippen molar-refractivity contribution in [3.05, 3.63) is 76.5 Å². The number of hydrogen-bond acceptors (Lipinski definition) is 3. The number of para-hydroxylation sites is 1. The quantitative estimate of drug-likeness (QED) is 0.649. The molecule has 0 spiro atoms. The van der Waals surface area contributed by atoms with Gasteiger partial charge in [-0.2, -0.15) is 0 Å². The second kappa shape index (κ2) is 9.00. The number of nitrogens with zero attached hydrogens (tertiary/aromatic N) is 1. The Morgan fingerprint density at radius 3 is 2.70 bits per heavy atom. The van der Waals surface area contributed by atoms with Crippen LogP contribution in [0.4, 0.5) is 0 Å². The number of rotatable bonds is 6. The van der Waals surface area contributed by atoms with Crippen molar-refractivity contribution in [2.75, 3.05) is 6.54 Å². The second-order valence-corrected chi connectivity index (χ2v) is 8.31. The first-order valence-electron chi connectivity index (χ1n) is 10.7. The number of carbonyl (C=O) groups is 1. The van der Waals surface area contributed by atoms with E-state index in [4.69, 9.17) is 17.0 Å². The average molecular weight is 421 g/mol. The largest absolute Gasteiger partial charge is 0.489 e. The summed E-state index contributed by atoms with van der Waals surface area (Å²) in [5, 5.41) is 4.14. The lowest BCUT2D eigenvalue weighted by Gasteiger charge is -2.41. The number of thiocarbonyl (C=S) groups is 1. The summed E-state index contributed by atoms with van der Waals surface area (Å²) in [4.78, 5) is 15.1. The minimum absolute atomic E-state index is 0.214. The van der Waals surface area contributed by atoms with E-state index in [1.54, 1.807) is 0 Å². The molecule has 156 valence electrons. The summed E-state index contributed by atoms with van der Waals surface area (Å²) < 4.78 is 6.25. The number of carbonyl (C=O) groups excluding carboxylic acids is 1. The summed E-state index contributed by atoms with van der Waals surface area (Å²) in [5.74, 6) is 1.00. The van der Waals surface area contributed by atoms with Gasteiger partial charge in [0.25, 0.3) is 0 Å². The Balaban J connectivity index is 1.69. The molecule has 0 saturated heterocycles. The Labute approximate surface area is 183 Å². The van der Waals surface area contributed by atoms with Gasteiger partial charge in [-0.25, -0.2) is 0 Å². The van der Waals surface area contributed by atoms with Gasteiger partial charge in [-0.15, -0.1) is 0 Å². The zero-order valence-electron chi connectivity index (χ0n) is 17.6. The van der Waals surface area contributed by atoms with Crippen LogP contribution in [0.2, 0.25) is 0 Å². The summed E-state index contributed by atoms with van der Waals surface area (Å²) in [5.41, 5.74) is 5.27. The molecule has 0 radical (unpaired) electrons. The molecule has 0 amide bonds. The van der Waals surface area contributed by atoms with Gasteiger partial charge in [-0.3, -0.25) is 4.79 Å². The van der Waals surface area contributed by atoms with E-state index in [0.717, 1.165) is 54.0 Å². The monoisotopic (exact) mass is 420 g/mol. The molecule has 4 nitrogen and oxygen atoms in total. The fraction of sp³-hybridized carbons (Fsp3) is 0.360. The van der Waals surface area contributed by atoms with Crippen molar-refractivity contribution >= 4 is 23.1 Å². The first kappa shape index (κ1) is 20.6.